The Kier molecular flexibility index (Phi) is 3.28. The lowest BCUT2D eigenvalue weighted by Crippen LogP contribution is -2.40. The summed E-state index contributed by atoms with van der Waals surface area (Å²) < 4.78 is 0. The van der Waals surface area contributed by atoms with Crippen LogP contribution in [0.25, 0.3) is 0 Å². The van der Waals surface area contributed by atoms with Crippen LogP contribution in [0.3, 0.4) is 0 Å². The van der Waals surface area contributed by atoms with Crippen molar-refractivity contribution < 1.29 is 4.79 Å². The average molecular weight is 191 g/mol. The topological polar surface area (TPSA) is 29.1 Å². The van der Waals surface area contributed by atoms with E-state index in [2.05, 4.69) is 36.5 Å². The van der Waals surface area contributed by atoms with Crippen LogP contribution in [0.2, 0.25) is 0 Å². The van der Waals surface area contributed by atoms with Gasteiger partial charge < -0.3 is 5.32 Å². The van der Waals surface area contributed by atoms with Crippen LogP contribution in [0, 0.1) is 6.92 Å². The van der Waals surface area contributed by atoms with E-state index in [1.807, 2.05) is 13.8 Å². The molecule has 14 heavy (non-hydrogen) atoms. The standard InChI is InChI=1S/C12H17NO/c1-10-4-6-11(7-5-10)8-12(2,3)13-9-14/h4-7,9H,8H2,1-3H3,(H,13,14). The molecular weight excluding hydrogens is 174 g/mol. The summed E-state index contributed by atoms with van der Waals surface area (Å²) in [5, 5.41) is 2.80. The highest BCUT2D eigenvalue weighted by Gasteiger charge is 2.16. The van der Waals surface area contributed by atoms with Gasteiger partial charge in [-0.3, -0.25) is 4.79 Å². The summed E-state index contributed by atoms with van der Waals surface area (Å²) in [4.78, 5) is 10.4. The number of hydrogen-bond acceptors (Lipinski definition) is 1. The maximum Gasteiger partial charge on any atom is 0.207 e. The van der Waals surface area contributed by atoms with E-state index in [0.29, 0.717) is 0 Å². The van der Waals surface area contributed by atoms with Crippen LogP contribution in [0.4, 0.5) is 0 Å². The number of amides is 1. The maximum absolute atomic E-state index is 10.4. The lowest BCUT2D eigenvalue weighted by Gasteiger charge is -2.23. The summed E-state index contributed by atoms with van der Waals surface area (Å²) in [6.07, 6.45) is 1.61. The second-order valence-corrected chi connectivity index (χ2v) is 4.31. The number of carbonyl (C=O) groups excluding carboxylic acids is 1. The quantitative estimate of drug-likeness (QED) is 0.725. The minimum Gasteiger partial charge on any atom is -0.353 e. The molecular formula is C12H17NO. The Labute approximate surface area is 85.3 Å². The highest BCUT2D eigenvalue weighted by molar-refractivity contribution is 5.47. The van der Waals surface area contributed by atoms with Gasteiger partial charge in [-0.15, -0.1) is 0 Å². The predicted octanol–water partition coefficient (Wildman–Crippen LogP) is 2.06. The molecule has 0 aromatic heterocycles. The third kappa shape index (κ3) is 3.21. The Hall–Kier alpha value is -1.31. The van der Waals surface area contributed by atoms with Crippen LogP contribution in [-0.4, -0.2) is 11.9 Å². The van der Waals surface area contributed by atoms with Gasteiger partial charge in [0.1, 0.15) is 0 Å². The van der Waals surface area contributed by atoms with Crippen molar-refractivity contribution in [2.45, 2.75) is 32.7 Å². The van der Waals surface area contributed by atoms with E-state index in [1.54, 1.807) is 0 Å². The summed E-state index contributed by atoms with van der Waals surface area (Å²) in [7, 11) is 0. The lowest BCUT2D eigenvalue weighted by molar-refractivity contribution is -0.110. The van der Waals surface area contributed by atoms with Crippen molar-refractivity contribution in [2.75, 3.05) is 0 Å². The smallest absolute Gasteiger partial charge is 0.207 e. The first-order valence-corrected chi connectivity index (χ1v) is 4.80. The molecule has 0 spiro atoms. The van der Waals surface area contributed by atoms with Gasteiger partial charge in [0, 0.05) is 5.54 Å². The van der Waals surface area contributed by atoms with Crippen LogP contribution in [-0.2, 0) is 11.2 Å². The van der Waals surface area contributed by atoms with E-state index >= 15 is 0 Å². The zero-order valence-corrected chi connectivity index (χ0v) is 9.00. The monoisotopic (exact) mass is 191 g/mol. The van der Waals surface area contributed by atoms with Crippen LogP contribution in [0.1, 0.15) is 25.0 Å². The Morgan fingerprint density at radius 3 is 2.36 bits per heavy atom. The van der Waals surface area contributed by atoms with Crippen molar-refractivity contribution in [1.29, 1.82) is 0 Å². The molecule has 0 heterocycles. The van der Waals surface area contributed by atoms with Crippen molar-refractivity contribution in [3.63, 3.8) is 0 Å². The van der Waals surface area contributed by atoms with Gasteiger partial charge in [0.05, 0.1) is 0 Å². The zero-order chi connectivity index (χ0) is 10.6. The third-order valence-electron chi connectivity index (χ3n) is 2.22. The highest BCUT2D eigenvalue weighted by Crippen LogP contribution is 2.12. The number of rotatable bonds is 4. The normalized spacial score (nSPS) is 11.1. The number of aryl methyl sites for hydroxylation is 1. The van der Waals surface area contributed by atoms with E-state index in [1.165, 1.54) is 11.1 Å². The Balaban J connectivity index is 2.68. The zero-order valence-electron chi connectivity index (χ0n) is 9.00. The first-order chi connectivity index (χ1) is 6.53. The van der Waals surface area contributed by atoms with Gasteiger partial charge >= 0.3 is 0 Å². The van der Waals surface area contributed by atoms with Gasteiger partial charge in [0.2, 0.25) is 6.41 Å². The van der Waals surface area contributed by atoms with Crippen molar-refractivity contribution in [3.8, 4) is 0 Å². The van der Waals surface area contributed by atoms with E-state index in [9.17, 15) is 4.79 Å². The maximum atomic E-state index is 10.4. The summed E-state index contributed by atoms with van der Waals surface area (Å²) in [5.41, 5.74) is 2.33. The van der Waals surface area contributed by atoms with Gasteiger partial charge in [0.25, 0.3) is 0 Å². The van der Waals surface area contributed by atoms with Crippen LogP contribution in [0.5, 0.6) is 0 Å². The second-order valence-electron chi connectivity index (χ2n) is 4.31. The van der Waals surface area contributed by atoms with Gasteiger partial charge in [-0.25, -0.2) is 0 Å². The van der Waals surface area contributed by atoms with Crippen molar-refractivity contribution in [2.24, 2.45) is 0 Å². The molecule has 0 saturated carbocycles. The molecule has 0 saturated heterocycles. The summed E-state index contributed by atoms with van der Waals surface area (Å²) >= 11 is 0. The third-order valence-corrected chi connectivity index (χ3v) is 2.22. The number of benzene rings is 1. The molecule has 0 bridgehead atoms. The Bertz CT molecular complexity index is 301. The van der Waals surface area contributed by atoms with E-state index in [4.69, 9.17) is 0 Å². The second kappa shape index (κ2) is 4.27. The molecule has 2 nitrogen and oxygen atoms in total. The SMILES string of the molecule is Cc1ccc(CC(C)(C)NC=O)cc1. The largest absolute Gasteiger partial charge is 0.353 e. The first-order valence-electron chi connectivity index (χ1n) is 4.80. The van der Waals surface area contributed by atoms with E-state index < -0.39 is 0 Å². The molecule has 0 fully saturated rings. The molecule has 0 radical (unpaired) electrons. The fourth-order valence-electron chi connectivity index (χ4n) is 1.43. The summed E-state index contributed by atoms with van der Waals surface area (Å²) in [5.74, 6) is 0. The predicted molar refractivity (Wildman–Crippen MR) is 58.2 cm³/mol. The van der Waals surface area contributed by atoms with E-state index in [-0.39, 0.29) is 5.54 Å². The van der Waals surface area contributed by atoms with E-state index in [0.717, 1.165) is 12.8 Å². The van der Waals surface area contributed by atoms with Crippen LogP contribution < -0.4 is 5.32 Å². The molecule has 0 atom stereocenters. The van der Waals surface area contributed by atoms with Crippen molar-refractivity contribution in [1.82, 2.24) is 5.32 Å². The number of nitrogens with one attached hydrogen (secondary N) is 1. The molecule has 0 aliphatic carbocycles. The van der Waals surface area contributed by atoms with Gasteiger partial charge in [-0.05, 0) is 32.8 Å². The van der Waals surface area contributed by atoms with Crippen molar-refractivity contribution >= 4 is 6.41 Å². The molecule has 1 aromatic rings. The number of carbonyl (C=O) groups is 1. The van der Waals surface area contributed by atoms with Crippen molar-refractivity contribution in [3.05, 3.63) is 35.4 Å². The highest BCUT2D eigenvalue weighted by atomic mass is 16.1. The average Bonchev–Trinajstić information content (AvgIpc) is 2.08. The molecule has 1 N–H and O–H groups in total. The molecule has 0 aliphatic rings. The molecule has 0 aliphatic heterocycles. The fraction of sp³-hybridized carbons (Fsp3) is 0.417. The lowest BCUT2D eigenvalue weighted by atomic mass is 9.95. The first kappa shape index (κ1) is 10.8. The van der Waals surface area contributed by atoms with Gasteiger partial charge in [0.15, 0.2) is 0 Å². The van der Waals surface area contributed by atoms with Crippen LogP contribution in [0.15, 0.2) is 24.3 Å². The fourth-order valence-corrected chi connectivity index (χ4v) is 1.43. The minimum absolute atomic E-state index is 0.170. The Morgan fingerprint density at radius 1 is 1.29 bits per heavy atom. The number of hydrogen-bond donors (Lipinski definition) is 1. The summed E-state index contributed by atoms with van der Waals surface area (Å²) in [6.45, 7) is 6.10. The molecule has 0 unspecified atom stereocenters. The van der Waals surface area contributed by atoms with Gasteiger partial charge in [-0.1, -0.05) is 29.8 Å². The molecule has 76 valence electrons. The van der Waals surface area contributed by atoms with Gasteiger partial charge in [-0.2, -0.15) is 0 Å². The molecule has 1 amide bonds. The molecule has 1 rings (SSSR count). The Morgan fingerprint density at radius 2 is 1.86 bits per heavy atom. The molecule has 2 heteroatoms. The summed E-state index contributed by atoms with van der Waals surface area (Å²) in [6, 6.07) is 8.38. The molecule has 1 aromatic carbocycles. The van der Waals surface area contributed by atoms with Crippen LogP contribution >= 0.6 is 0 Å². The minimum atomic E-state index is -0.170.